The highest BCUT2D eigenvalue weighted by Gasteiger charge is 2.32. The van der Waals surface area contributed by atoms with E-state index in [2.05, 4.69) is 0 Å². The van der Waals surface area contributed by atoms with Crippen LogP contribution >= 0.6 is 0 Å². The van der Waals surface area contributed by atoms with Crippen molar-refractivity contribution in [2.24, 2.45) is 5.73 Å². The first-order valence-electron chi connectivity index (χ1n) is 5.12. The molecule has 0 aliphatic carbocycles. The summed E-state index contributed by atoms with van der Waals surface area (Å²) in [5.74, 6) is -0.186. The summed E-state index contributed by atoms with van der Waals surface area (Å²) in [6.45, 7) is 2.02. The van der Waals surface area contributed by atoms with Crippen LogP contribution in [0.1, 0.15) is 24.9 Å². The van der Waals surface area contributed by atoms with Gasteiger partial charge in [0.15, 0.2) is 11.5 Å². The van der Waals surface area contributed by atoms with E-state index in [0.717, 1.165) is 0 Å². The number of ether oxygens (including phenoxy) is 1. The van der Waals surface area contributed by atoms with E-state index in [-0.39, 0.29) is 17.1 Å². The second-order valence-electron chi connectivity index (χ2n) is 3.55. The average molecular weight is 249 g/mol. The summed E-state index contributed by atoms with van der Waals surface area (Å²) >= 11 is 0. The van der Waals surface area contributed by atoms with Crippen LogP contribution in [0.2, 0.25) is 0 Å². The minimum atomic E-state index is -4.37. The number of halogens is 3. The number of rotatable bonds is 4. The van der Waals surface area contributed by atoms with E-state index >= 15 is 0 Å². The third kappa shape index (κ3) is 3.81. The third-order valence-corrected chi connectivity index (χ3v) is 2.18. The summed E-state index contributed by atoms with van der Waals surface area (Å²) in [6, 6.07) is 3.03. The molecule has 0 spiro atoms. The fraction of sp³-hybridized carbons (Fsp3) is 0.455. The molecule has 0 aliphatic rings. The Labute approximate surface area is 97.0 Å². The molecule has 3 nitrogen and oxygen atoms in total. The Kier molecular flexibility index (Phi) is 4.22. The number of para-hydroxylation sites is 1. The molecule has 1 aromatic rings. The van der Waals surface area contributed by atoms with Gasteiger partial charge in [0.2, 0.25) is 0 Å². The van der Waals surface area contributed by atoms with Gasteiger partial charge in [0, 0.05) is 11.6 Å². The Balaban J connectivity index is 2.94. The van der Waals surface area contributed by atoms with Crippen LogP contribution in [0.5, 0.6) is 11.5 Å². The quantitative estimate of drug-likeness (QED) is 0.862. The number of hydrogen-bond donors (Lipinski definition) is 2. The minimum Gasteiger partial charge on any atom is -0.504 e. The van der Waals surface area contributed by atoms with E-state index in [1.54, 1.807) is 6.92 Å². The SMILES string of the molecule is CCOc1cccc([C@@H](N)CC(F)(F)F)c1O. The van der Waals surface area contributed by atoms with Gasteiger partial charge in [-0.3, -0.25) is 0 Å². The number of alkyl halides is 3. The second-order valence-corrected chi connectivity index (χ2v) is 3.55. The van der Waals surface area contributed by atoms with Crippen molar-refractivity contribution in [3.63, 3.8) is 0 Å². The molecule has 0 aliphatic heterocycles. The molecule has 0 unspecified atom stereocenters. The maximum atomic E-state index is 12.2. The molecule has 1 atom stereocenters. The number of benzene rings is 1. The Morgan fingerprint density at radius 3 is 2.59 bits per heavy atom. The standard InChI is InChI=1S/C11H14F3NO2/c1-2-17-9-5-3-4-7(10(9)16)8(15)6-11(12,13)14/h3-5,8,16H,2,6,15H2,1H3/t8-/m0/s1. The maximum absolute atomic E-state index is 12.2. The number of aromatic hydroxyl groups is 1. The summed E-state index contributed by atoms with van der Waals surface area (Å²) in [5.41, 5.74) is 5.45. The fourth-order valence-corrected chi connectivity index (χ4v) is 1.47. The van der Waals surface area contributed by atoms with Crippen molar-refractivity contribution < 1.29 is 23.0 Å². The molecule has 6 heteroatoms. The van der Waals surface area contributed by atoms with Crippen molar-refractivity contribution in [3.05, 3.63) is 23.8 Å². The van der Waals surface area contributed by atoms with Crippen LogP contribution in [-0.2, 0) is 0 Å². The van der Waals surface area contributed by atoms with Crippen LogP contribution in [0.4, 0.5) is 13.2 Å². The normalized spacial score (nSPS) is 13.5. The molecular formula is C11H14F3NO2. The number of hydrogen-bond acceptors (Lipinski definition) is 3. The first-order chi connectivity index (χ1) is 7.85. The van der Waals surface area contributed by atoms with E-state index in [9.17, 15) is 18.3 Å². The van der Waals surface area contributed by atoms with Gasteiger partial charge in [-0.25, -0.2) is 0 Å². The van der Waals surface area contributed by atoms with Gasteiger partial charge in [0.1, 0.15) is 0 Å². The van der Waals surface area contributed by atoms with E-state index < -0.39 is 18.6 Å². The Hall–Kier alpha value is -1.43. The van der Waals surface area contributed by atoms with Gasteiger partial charge in [-0.15, -0.1) is 0 Å². The lowest BCUT2D eigenvalue weighted by Gasteiger charge is -2.17. The van der Waals surface area contributed by atoms with Crippen LogP contribution in [0.3, 0.4) is 0 Å². The molecule has 0 fully saturated rings. The van der Waals surface area contributed by atoms with Gasteiger partial charge in [-0.2, -0.15) is 13.2 Å². The Morgan fingerprint density at radius 1 is 1.41 bits per heavy atom. The molecule has 17 heavy (non-hydrogen) atoms. The summed E-state index contributed by atoms with van der Waals surface area (Å²) < 4.78 is 41.6. The van der Waals surface area contributed by atoms with Gasteiger partial charge < -0.3 is 15.6 Å². The zero-order chi connectivity index (χ0) is 13.1. The fourth-order valence-electron chi connectivity index (χ4n) is 1.47. The highest BCUT2D eigenvalue weighted by molar-refractivity contribution is 5.46. The van der Waals surface area contributed by atoms with Gasteiger partial charge >= 0.3 is 6.18 Å². The van der Waals surface area contributed by atoms with E-state index in [1.165, 1.54) is 18.2 Å². The number of nitrogens with two attached hydrogens (primary N) is 1. The van der Waals surface area contributed by atoms with Crippen molar-refractivity contribution in [1.29, 1.82) is 0 Å². The van der Waals surface area contributed by atoms with Crippen molar-refractivity contribution in [3.8, 4) is 11.5 Å². The summed E-state index contributed by atoms with van der Waals surface area (Å²) in [5, 5.41) is 9.71. The van der Waals surface area contributed by atoms with Crippen LogP contribution in [0.25, 0.3) is 0 Å². The number of phenols is 1. The van der Waals surface area contributed by atoms with Crippen LogP contribution in [0, 0.1) is 0 Å². The molecule has 0 radical (unpaired) electrons. The highest BCUT2D eigenvalue weighted by Crippen LogP contribution is 2.36. The van der Waals surface area contributed by atoms with E-state index in [1.807, 2.05) is 0 Å². The van der Waals surface area contributed by atoms with Gasteiger partial charge in [0.25, 0.3) is 0 Å². The third-order valence-electron chi connectivity index (χ3n) is 2.18. The molecule has 1 aromatic carbocycles. The average Bonchev–Trinajstić information content (AvgIpc) is 2.18. The lowest BCUT2D eigenvalue weighted by molar-refractivity contribution is -0.138. The molecule has 0 bridgehead atoms. The van der Waals surface area contributed by atoms with Crippen LogP contribution < -0.4 is 10.5 Å². The molecule has 1 rings (SSSR count). The summed E-state index contributed by atoms with van der Waals surface area (Å²) in [4.78, 5) is 0. The predicted octanol–water partition coefficient (Wildman–Crippen LogP) is 2.74. The first kappa shape index (κ1) is 13.6. The van der Waals surface area contributed by atoms with Crippen molar-refractivity contribution >= 4 is 0 Å². The van der Waals surface area contributed by atoms with E-state index in [4.69, 9.17) is 10.5 Å². The first-order valence-corrected chi connectivity index (χ1v) is 5.12. The topological polar surface area (TPSA) is 55.5 Å². The zero-order valence-electron chi connectivity index (χ0n) is 9.29. The molecule has 3 N–H and O–H groups in total. The molecule has 0 saturated carbocycles. The van der Waals surface area contributed by atoms with Gasteiger partial charge in [0.05, 0.1) is 13.0 Å². The maximum Gasteiger partial charge on any atom is 0.390 e. The molecule has 0 saturated heterocycles. The summed E-state index contributed by atoms with van der Waals surface area (Å²) in [7, 11) is 0. The van der Waals surface area contributed by atoms with Crippen LogP contribution in [-0.4, -0.2) is 17.9 Å². The van der Waals surface area contributed by atoms with Crippen molar-refractivity contribution in [1.82, 2.24) is 0 Å². The molecule has 0 amide bonds. The van der Waals surface area contributed by atoms with Gasteiger partial charge in [-0.05, 0) is 13.0 Å². The molecule has 0 aromatic heterocycles. The van der Waals surface area contributed by atoms with Crippen molar-refractivity contribution in [2.45, 2.75) is 25.6 Å². The largest absolute Gasteiger partial charge is 0.504 e. The predicted molar refractivity (Wildman–Crippen MR) is 56.9 cm³/mol. The lowest BCUT2D eigenvalue weighted by atomic mass is 10.0. The zero-order valence-corrected chi connectivity index (χ0v) is 9.29. The second kappa shape index (κ2) is 5.27. The molecule has 0 heterocycles. The minimum absolute atomic E-state index is 0.0354. The Bertz CT molecular complexity index is 379. The van der Waals surface area contributed by atoms with Gasteiger partial charge in [-0.1, -0.05) is 12.1 Å². The summed E-state index contributed by atoms with van der Waals surface area (Å²) in [6.07, 6.45) is -5.55. The monoisotopic (exact) mass is 249 g/mol. The van der Waals surface area contributed by atoms with Crippen LogP contribution in [0.15, 0.2) is 18.2 Å². The van der Waals surface area contributed by atoms with E-state index in [0.29, 0.717) is 6.61 Å². The number of phenolic OH excluding ortho intramolecular Hbond substituents is 1. The molecular weight excluding hydrogens is 235 g/mol. The molecule has 96 valence electrons. The van der Waals surface area contributed by atoms with Crippen molar-refractivity contribution in [2.75, 3.05) is 6.61 Å². The smallest absolute Gasteiger partial charge is 0.390 e. The Morgan fingerprint density at radius 2 is 2.06 bits per heavy atom. The highest BCUT2D eigenvalue weighted by atomic mass is 19.4. The lowest BCUT2D eigenvalue weighted by Crippen LogP contribution is -2.20.